The SMILES string of the molecule is CCOC(=O)[C@H](CCCN=C(N)N)N(CCOCCOC)C(=O)COCCOC. The van der Waals surface area contributed by atoms with Crippen LogP contribution in [0.1, 0.15) is 19.8 Å². The normalized spacial score (nSPS) is 11.7. The second-order valence-corrected chi connectivity index (χ2v) is 5.95. The molecule has 0 aliphatic rings. The molecule has 0 unspecified atom stereocenters. The molecule has 29 heavy (non-hydrogen) atoms. The number of esters is 1. The second kappa shape index (κ2) is 18.1. The van der Waals surface area contributed by atoms with Gasteiger partial charge < -0.3 is 40.1 Å². The van der Waals surface area contributed by atoms with Crippen LogP contribution in [0.3, 0.4) is 0 Å². The van der Waals surface area contributed by atoms with E-state index in [0.717, 1.165) is 0 Å². The summed E-state index contributed by atoms with van der Waals surface area (Å²) in [5.74, 6) is -0.848. The standard InChI is InChI=1S/C18H36N4O7/c1-4-29-17(24)15(6-5-7-21-18(19)20)22(8-9-27-12-10-25-2)16(23)14-28-13-11-26-3/h15H,4-14H2,1-3H3,(H4,19,20,21)/t15-/m0/s1. The van der Waals surface area contributed by atoms with Crippen LogP contribution in [0.5, 0.6) is 0 Å². The van der Waals surface area contributed by atoms with Crippen LogP contribution in [0, 0.1) is 0 Å². The molecule has 0 heterocycles. The minimum Gasteiger partial charge on any atom is -0.464 e. The first-order valence-corrected chi connectivity index (χ1v) is 9.62. The third kappa shape index (κ3) is 13.8. The predicted molar refractivity (Wildman–Crippen MR) is 107 cm³/mol. The Morgan fingerprint density at radius 1 is 1.00 bits per heavy atom. The Morgan fingerprint density at radius 2 is 1.66 bits per heavy atom. The van der Waals surface area contributed by atoms with E-state index in [1.807, 2.05) is 0 Å². The number of methoxy groups -OCH3 is 2. The molecule has 1 amide bonds. The predicted octanol–water partition coefficient (Wildman–Crippen LogP) is -0.874. The number of ether oxygens (including phenoxy) is 5. The molecular formula is C18H36N4O7. The van der Waals surface area contributed by atoms with Gasteiger partial charge in [-0.15, -0.1) is 0 Å². The molecular weight excluding hydrogens is 384 g/mol. The van der Waals surface area contributed by atoms with Gasteiger partial charge in [0.2, 0.25) is 5.91 Å². The highest BCUT2D eigenvalue weighted by atomic mass is 16.5. The van der Waals surface area contributed by atoms with Crippen molar-refractivity contribution in [2.24, 2.45) is 16.5 Å². The fraction of sp³-hybridized carbons (Fsp3) is 0.833. The third-order valence-electron chi connectivity index (χ3n) is 3.75. The van der Waals surface area contributed by atoms with E-state index in [2.05, 4.69) is 4.99 Å². The van der Waals surface area contributed by atoms with Gasteiger partial charge in [-0.05, 0) is 19.8 Å². The highest BCUT2D eigenvalue weighted by Crippen LogP contribution is 2.11. The Kier molecular flexibility index (Phi) is 16.9. The minimum absolute atomic E-state index is 0.0243. The van der Waals surface area contributed by atoms with Gasteiger partial charge in [0, 0.05) is 27.3 Å². The quantitative estimate of drug-likeness (QED) is 0.125. The smallest absolute Gasteiger partial charge is 0.328 e. The lowest BCUT2D eigenvalue weighted by Gasteiger charge is -2.30. The molecule has 0 aromatic carbocycles. The van der Waals surface area contributed by atoms with E-state index in [9.17, 15) is 9.59 Å². The molecule has 0 aliphatic carbocycles. The van der Waals surface area contributed by atoms with Crippen molar-refractivity contribution in [1.29, 1.82) is 0 Å². The molecule has 0 aromatic heterocycles. The number of amides is 1. The number of nitrogens with two attached hydrogens (primary N) is 2. The number of rotatable bonds is 18. The molecule has 0 saturated carbocycles. The van der Waals surface area contributed by atoms with E-state index < -0.39 is 12.0 Å². The van der Waals surface area contributed by atoms with Crippen LogP contribution in [0.2, 0.25) is 0 Å². The number of aliphatic imine (C=N–C) groups is 1. The number of nitrogens with zero attached hydrogens (tertiary/aromatic N) is 2. The molecule has 0 saturated heterocycles. The van der Waals surface area contributed by atoms with E-state index in [0.29, 0.717) is 39.2 Å². The van der Waals surface area contributed by atoms with Gasteiger partial charge in [-0.25, -0.2) is 4.79 Å². The molecule has 170 valence electrons. The largest absolute Gasteiger partial charge is 0.464 e. The van der Waals surface area contributed by atoms with Gasteiger partial charge in [0.25, 0.3) is 0 Å². The van der Waals surface area contributed by atoms with Gasteiger partial charge in [-0.3, -0.25) is 9.79 Å². The maximum atomic E-state index is 12.7. The Hall–Kier alpha value is -1.95. The molecule has 0 rings (SSSR count). The van der Waals surface area contributed by atoms with Crippen LogP contribution in [0.4, 0.5) is 0 Å². The molecule has 0 radical (unpaired) electrons. The second-order valence-electron chi connectivity index (χ2n) is 5.95. The van der Waals surface area contributed by atoms with Crippen LogP contribution >= 0.6 is 0 Å². The maximum absolute atomic E-state index is 12.7. The summed E-state index contributed by atoms with van der Waals surface area (Å²) < 4.78 is 25.8. The first-order valence-electron chi connectivity index (χ1n) is 9.62. The summed E-state index contributed by atoms with van der Waals surface area (Å²) >= 11 is 0. The van der Waals surface area contributed by atoms with Crippen molar-refractivity contribution < 1.29 is 33.3 Å². The van der Waals surface area contributed by atoms with E-state index in [4.69, 9.17) is 35.2 Å². The van der Waals surface area contributed by atoms with Crippen molar-refractivity contribution in [3.8, 4) is 0 Å². The van der Waals surface area contributed by atoms with Crippen LogP contribution in [-0.4, -0.2) is 102 Å². The molecule has 0 spiro atoms. The lowest BCUT2D eigenvalue weighted by Crippen LogP contribution is -2.49. The van der Waals surface area contributed by atoms with Crippen LogP contribution in [0.15, 0.2) is 4.99 Å². The van der Waals surface area contributed by atoms with Gasteiger partial charge in [0.05, 0.1) is 39.6 Å². The van der Waals surface area contributed by atoms with Crippen molar-refractivity contribution in [1.82, 2.24) is 4.90 Å². The summed E-state index contributed by atoms with van der Waals surface area (Å²) in [5, 5.41) is 0. The Bertz CT molecular complexity index is 473. The van der Waals surface area contributed by atoms with Crippen LogP contribution in [0.25, 0.3) is 0 Å². The zero-order chi connectivity index (χ0) is 21.9. The van der Waals surface area contributed by atoms with Crippen molar-refractivity contribution in [3.63, 3.8) is 0 Å². The van der Waals surface area contributed by atoms with E-state index in [-0.39, 0.29) is 44.8 Å². The number of carbonyl (C=O) groups excluding carboxylic acids is 2. The Balaban J connectivity index is 5.07. The van der Waals surface area contributed by atoms with Gasteiger partial charge in [0.15, 0.2) is 5.96 Å². The summed E-state index contributed by atoms with van der Waals surface area (Å²) in [5.41, 5.74) is 10.7. The minimum atomic E-state index is -0.784. The fourth-order valence-corrected chi connectivity index (χ4v) is 2.38. The van der Waals surface area contributed by atoms with Crippen molar-refractivity contribution in [2.75, 3.05) is 73.6 Å². The molecule has 0 bridgehead atoms. The van der Waals surface area contributed by atoms with Gasteiger partial charge >= 0.3 is 5.97 Å². The average molecular weight is 421 g/mol. The summed E-state index contributed by atoms with van der Waals surface area (Å²) in [6.07, 6.45) is 0.845. The molecule has 1 atom stereocenters. The molecule has 4 N–H and O–H groups in total. The highest BCUT2D eigenvalue weighted by molar-refractivity contribution is 5.85. The van der Waals surface area contributed by atoms with Gasteiger partial charge in [-0.2, -0.15) is 0 Å². The van der Waals surface area contributed by atoms with E-state index in [1.54, 1.807) is 21.1 Å². The first-order chi connectivity index (χ1) is 14.0. The Labute approximate surface area is 172 Å². The number of guanidine groups is 1. The lowest BCUT2D eigenvalue weighted by atomic mass is 10.1. The Morgan fingerprint density at radius 3 is 2.24 bits per heavy atom. The zero-order valence-electron chi connectivity index (χ0n) is 17.8. The van der Waals surface area contributed by atoms with Crippen molar-refractivity contribution in [3.05, 3.63) is 0 Å². The average Bonchev–Trinajstić information content (AvgIpc) is 2.68. The fourth-order valence-electron chi connectivity index (χ4n) is 2.38. The number of hydrogen-bond acceptors (Lipinski definition) is 8. The van der Waals surface area contributed by atoms with Crippen LogP contribution in [-0.2, 0) is 33.3 Å². The van der Waals surface area contributed by atoms with Gasteiger partial charge in [-0.1, -0.05) is 0 Å². The van der Waals surface area contributed by atoms with Gasteiger partial charge in [0.1, 0.15) is 12.6 Å². The van der Waals surface area contributed by atoms with E-state index in [1.165, 1.54) is 4.90 Å². The van der Waals surface area contributed by atoms with Crippen molar-refractivity contribution in [2.45, 2.75) is 25.8 Å². The first kappa shape index (κ1) is 27.0. The summed E-state index contributed by atoms with van der Waals surface area (Å²) in [7, 11) is 3.12. The molecule has 11 heteroatoms. The van der Waals surface area contributed by atoms with Crippen LogP contribution < -0.4 is 11.5 Å². The molecule has 11 nitrogen and oxygen atoms in total. The highest BCUT2D eigenvalue weighted by Gasteiger charge is 2.30. The number of hydrogen-bond donors (Lipinski definition) is 2. The summed E-state index contributed by atoms with van der Waals surface area (Å²) in [6, 6.07) is -0.784. The summed E-state index contributed by atoms with van der Waals surface area (Å²) in [6.45, 7) is 4.01. The number of carbonyl (C=O) groups is 2. The topological polar surface area (TPSA) is 148 Å². The zero-order valence-corrected chi connectivity index (χ0v) is 17.8. The molecule has 0 aromatic rings. The third-order valence-corrected chi connectivity index (χ3v) is 3.75. The molecule has 0 fully saturated rings. The van der Waals surface area contributed by atoms with Crippen molar-refractivity contribution >= 4 is 17.8 Å². The summed E-state index contributed by atoms with van der Waals surface area (Å²) in [4.78, 5) is 30.6. The maximum Gasteiger partial charge on any atom is 0.328 e. The monoisotopic (exact) mass is 420 g/mol. The molecule has 0 aliphatic heterocycles. The lowest BCUT2D eigenvalue weighted by molar-refractivity contribution is -0.157. The van der Waals surface area contributed by atoms with E-state index >= 15 is 0 Å².